The van der Waals surface area contributed by atoms with Gasteiger partial charge in [-0.05, 0) is 23.8 Å². The number of methoxy groups -OCH3 is 1. The molecule has 20 heavy (non-hydrogen) atoms. The lowest BCUT2D eigenvalue weighted by Gasteiger charge is -2.06. The molecule has 1 heterocycles. The van der Waals surface area contributed by atoms with E-state index in [0.717, 1.165) is 19.2 Å². The number of rotatable bonds is 3. The van der Waals surface area contributed by atoms with Crippen LogP contribution < -0.4 is 5.56 Å². The molecule has 0 amide bonds. The average molecular weight is 279 g/mol. The quantitative estimate of drug-likeness (QED) is 0.875. The molecule has 6 heteroatoms. The average Bonchev–Trinajstić information content (AvgIpc) is 2.44. The number of H-pyrrole nitrogens is 1. The zero-order valence-corrected chi connectivity index (χ0v) is 10.6. The molecule has 1 aromatic heterocycles. The van der Waals surface area contributed by atoms with Crippen molar-refractivity contribution >= 4 is 5.97 Å². The maximum Gasteiger partial charge on any atom is 0.340 e. The second-order valence-corrected chi connectivity index (χ2v) is 4.12. The van der Waals surface area contributed by atoms with Crippen LogP contribution in [0.1, 0.15) is 21.5 Å². The summed E-state index contributed by atoms with van der Waals surface area (Å²) in [7, 11) is 1.08. The lowest BCUT2D eigenvalue weighted by Crippen LogP contribution is -2.13. The Morgan fingerprint density at radius 3 is 2.65 bits per heavy atom. The van der Waals surface area contributed by atoms with Crippen molar-refractivity contribution < 1.29 is 18.3 Å². The van der Waals surface area contributed by atoms with Crippen molar-refractivity contribution in [1.82, 2.24) is 4.98 Å². The van der Waals surface area contributed by atoms with Gasteiger partial charge in [-0.3, -0.25) is 4.79 Å². The first kappa shape index (κ1) is 13.9. The molecule has 0 unspecified atom stereocenters. The lowest BCUT2D eigenvalue weighted by molar-refractivity contribution is 0.0595. The van der Waals surface area contributed by atoms with E-state index in [4.69, 9.17) is 0 Å². The highest BCUT2D eigenvalue weighted by Gasteiger charge is 2.17. The SMILES string of the molecule is COC(=O)c1cc(F)c(Cc2ccc[nH]c2=O)cc1F. The Morgan fingerprint density at radius 2 is 2.00 bits per heavy atom. The lowest BCUT2D eigenvalue weighted by atomic mass is 10.0. The number of carbonyl (C=O) groups excluding carboxylic acids is 1. The van der Waals surface area contributed by atoms with Crippen molar-refractivity contribution in [2.24, 2.45) is 0 Å². The number of pyridine rings is 1. The van der Waals surface area contributed by atoms with Crippen molar-refractivity contribution in [3.63, 3.8) is 0 Å². The highest BCUT2D eigenvalue weighted by atomic mass is 19.1. The Labute approximate surface area is 113 Å². The van der Waals surface area contributed by atoms with Gasteiger partial charge in [0, 0.05) is 18.2 Å². The van der Waals surface area contributed by atoms with Gasteiger partial charge in [0.2, 0.25) is 0 Å². The molecule has 4 nitrogen and oxygen atoms in total. The van der Waals surface area contributed by atoms with E-state index in [1.807, 2.05) is 0 Å². The summed E-state index contributed by atoms with van der Waals surface area (Å²) in [6.45, 7) is 0. The summed E-state index contributed by atoms with van der Waals surface area (Å²) in [4.78, 5) is 25.2. The van der Waals surface area contributed by atoms with Crippen LogP contribution in [0.15, 0.2) is 35.3 Å². The molecule has 0 saturated carbocycles. The van der Waals surface area contributed by atoms with Crippen LogP contribution in [0.2, 0.25) is 0 Å². The van der Waals surface area contributed by atoms with E-state index in [1.54, 1.807) is 6.07 Å². The van der Waals surface area contributed by atoms with Crippen LogP contribution >= 0.6 is 0 Å². The molecule has 0 bridgehead atoms. The summed E-state index contributed by atoms with van der Waals surface area (Å²) in [5.74, 6) is -2.61. The van der Waals surface area contributed by atoms with Gasteiger partial charge in [-0.2, -0.15) is 0 Å². The van der Waals surface area contributed by atoms with E-state index < -0.39 is 23.2 Å². The Hall–Kier alpha value is -2.50. The molecule has 0 atom stereocenters. The standard InChI is InChI=1S/C14H11F2NO3/c1-20-14(19)10-7-11(15)9(6-12(10)16)5-8-3-2-4-17-13(8)18/h2-4,6-7H,5H2,1H3,(H,17,18). The fourth-order valence-corrected chi connectivity index (χ4v) is 1.79. The molecule has 0 spiro atoms. The minimum absolute atomic E-state index is 0.00754. The van der Waals surface area contributed by atoms with E-state index >= 15 is 0 Å². The molecule has 1 N–H and O–H groups in total. The molecule has 0 aliphatic rings. The number of halogens is 2. The van der Waals surface area contributed by atoms with Gasteiger partial charge in [-0.25, -0.2) is 13.6 Å². The van der Waals surface area contributed by atoms with Crippen molar-refractivity contribution in [1.29, 1.82) is 0 Å². The van der Waals surface area contributed by atoms with Gasteiger partial charge in [0.15, 0.2) is 0 Å². The molecular formula is C14H11F2NO3. The van der Waals surface area contributed by atoms with E-state index in [0.29, 0.717) is 5.56 Å². The van der Waals surface area contributed by atoms with Crippen molar-refractivity contribution in [2.75, 3.05) is 7.11 Å². The fraction of sp³-hybridized carbons (Fsp3) is 0.143. The number of hydrogen-bond donors (Lipinski definition) is 1. The summed E-state index contributed by atoms with van der Waals surface area (Å²) in [6, 6.07) is 4.78. The molecule has 0 saturated heterocycles. The number of ether oxygens (including phenoxy) is 1. The number of nitrogens with one attached hydrogen (secondary N) is 1. The third-order valence-electron chi connectivity index (χ3n) is 2.82. The monoisotopic (exact) mass is 279 g/mol. The molecule has 104 valence electrons. The van der Waals surface area contributed by atoms with E-state index in [9.17, 15) is 18.4 Å². The summed E-state index contributed by atoms with van der Waals surface area (Å²) < 4.78 is 31.9. The first-order valence-corrected chi connectivity index (χ1v) is 5.75. The molecule has 2 rings (SSSR count). The topological polar surface area (TPSA) is 59.2 Å². The van der Waals surface area contributed by atoms with Crippen LogP contribution in [-0.2, 0) is 11.2 Å². The maximum atomic E-state index is 13.9. The second-order valence-electron chi connectivity index (χ2n) is 4.12. The van der Waals surface area contributed by atoms with Gasteiger partial charge in [-0.15, -0.1) is 0 Å². The highest BCUT2D eigenvalue weighted by Crippen LogP contribution is 2.18. The molecular weight excluding hydrogens is 268 g/mol. The summed E-state index contributed by atoms with van der Waals surface area (Å²) >= 11 is 0. The van der Waals surface area contributed by atoms with Gasteiger partial charge in [-0.1, -0.05) is 6.07 Å². The van der Waals surface area contributed by atoms with Gasteiger partial charge >= 0.3 is 5.97 Å². The molecule has 0 fully saturated rings. The van der Waals surface area contributed by atoms with Gasteiger partial charge in [0.1, 0.15) is 11.6 Å². The third-order valence-corrected chi connectivity index (χ3v) is 2.82. The van der Waals surface area contributed by atoms with Crippen LogP contribution in [0.25, 0.3) is 0 Å². The van der Waals surface area contributed by atoms with E-state index in [-0.39, 0.29) is 17.5 Å². The number of aromatic amines is 1. The van der Waals surface area contributed by atoms with Gasteiger partial charge < -0.3 is 9.72 Å². The first-order chi connectivity index (χ1) is 9.52. The number of hydrogen-bond acceptors (Lipinski definition) is 3. The number of aromatic nitrogens is 1. The zero-order chi connectivity index (χ0) is 14.7. The van der Waals surface area contributed by atoms with Gasteiger partial charge in [0.25, 0.3) is 5.56 Å². The van der Waals surface area contributed by atoms with Gasteiger partial charge in [0.05, 0.1) is 12.7 Å². The Balaban J connectivity index is 2.40. The van der Waals surface area contributed by atoms with E-state index in [1.165, 1.54) is 12.3 Å². The van der Waals surface area contributed by atoms with Crippen LogP contribution in [0.3, 0.4) is 0 Å². The molecule has 0 aliphatic carbocycles. The summed E-state index contributed by atoms with van der Waals surface area (Å²) in [5, 5.41) is 0. The molecule has 2 aromatic rings. The van der Waals surface area contributed by atoms with Crippen LogP contribution in [-0.4, -0.2) is 18.1 Å². The Bertz CT molecular complexity index is 710. The summed E-state index contributed by atoms with van der Waals surface area (Å²) in [5.41, 5.74) is -0.552. The number of esters is 1. The van der Waals surface area contributed by atoms with Crippen molar-refractivity contribution in [2.45, 2.75) is 6.42 Å². The van der Waals surface area contributed by atoms with Crippen LogP contribution in [0, 0.1) is 11.6 Å². The Morgan fingerprint density at radius 1 is 1.25 bits per heavy atom. The molecule has 1 aromatic carbocycles. The highest BCUT2D eigenvalue weighted by molar-refractivity contribution is 5.89. The minimum Gasteiger partial charge on any atom is -0.465 e. The molecule has 0 radical (unpaired) electrons. The molecule has 0 aliphatic heterocycles. The van der Waals surface area contributed by atoms with Crippen molar-refractivity contribution in [3.8, 4) is 0 Å². The van der Waals surface area contributed by atoms with E-state index in [2.05, 4.69) is 9.72 Å². The Kier molecular flexibility index (Phi) is 3.93. The number of benzene rings is 1. The van der Waals surface area contributed by atoms with Crippen molar-refractivity contribution in [3.05, 3.63) is 69.1 Å². The maximum absolute atomic E-state index is 13.9. The second kappa shape index (κ2) is 5.64. The predicted molar refractivity (Wildman–Crippen MR) is 67.6 cm³/mol. The summed E-state index contributed by atoms with van der Waals surface area (Å²) in [6.07, 6.45) is 1.38. The fourth-order valence-electron chi connectivity index (χ4n) is 1.79. The third kappa shape index (κ3) is 2.74. The van der Waals surface area contributed by atoms with Crippen LogP contribution in [0.5, 0.6) is 0 Å². The first-order valence-electron chi connectivity index (χ1n) is 5.75. The predicted octanol–water partition coefficient (Wildman–Crippen LogP) is 2.03. The largest absolute Gasteiger partial charge is 0.465 e. The van der Waals surface area contributed by atoms with Crippen LogP contribution in [0.4, 0.5) is 8.78 Å². The number of carbonyl (C=O) groups is 1. The normalized spacial score (nSPS) is 10.3. The zero-order valence-electron chi connectivity index (χ0n) is 10.6. The minimum atomic E-state index is -0.953. The smallest absolute Gasteiger partial charge is 0.340 e.